The van der Waals surface area contributed by atoms with Gasteiger partial charge in [0, 0.05) is 13.1 Å². The molecule has 1 heterocycles. The van der Waals surface area contributed by atoms with Gasteiger partial charge in [0.1, 0.15) is 17.9 Å². The number of nitrogens with two attached hydrogens (primary N) is 1. The minimum absolute atomic E-state index is 0.245. The van der Waals surface area contributed by atoms with E-state index in [4.69, 9.17) is 15.6 Å². The average molecular weight is 278 g/mol. The van der Waals surface area contributed by atoms with Crippen LogP contribution < -0.4 is 10.5 Å². The van der Waals surface area contributed by atoms with Gasteiger partial charge in [0.15, 0.2) is 0 Å². The number of carboxylic acids is 1. The molecule has 0 spiro atoms. The lowest BCUT2D eigenvalue weighted by molar-refractivity contribution is -0.138. The molecular formula is C15H22N2O3. The van der Waals surface area contributed by atoms with Crippen molar-refractivity contribution >= 4 is 5.97 Å². The Balaban J connectivity index is 1.94. The number of rotatable bonds is 5. The molecule has 0 bridgehead atoms. The van der Waals surface area contributed by atoms with Gasteiger partial charge in [0.05, 0.1) is 0 Å². The van der Waals surface area contributed by atoms with E-state index in [1.54, 1.807) is 0 Å². The van der Waals surface area contributed by atoms with E-state index in [0.29, 0.717) is 6.42 Å². The molecule has 1 fully saturated rings. The molecule has 0 saturated carbocycles. The summed E-state index contributed by atoms with van der Waals surface area (Å²) < 4.78 is 5.97. The van der Waals surface area contributed by atoms with Crippen molar-refractivity contribution < 1.29 is 14.6 Å². The van der Waals surface area contributed by atoms with Crippen LogP contribution in [0.3, 0.4) is 0 Å². The Morgan fingerprint density at radius 1 is 1.50 bits per heavy atom. The molecule has 3 N–H and O–H groups in total. The van der Waals surface area contributed by atoms with Gasteiger partial charge in [-0.2, -0.15) is 0 Å². The van der Waals surface area contributed by atoms with Crippen molar-refractivity contribution in [2.75, 3.05) is 20.1 Å². The fraction of sp³-hybridized carbons (Fsp3) is 0.533. The zero-order chi connectivity index (χ0) is 14.5. The number of hydrogen-bond acceptors (Lipinski definition) is 4. The molecule has 1 unspecified atom stereocenters. The van der Waals surface area contributed by atoms with Crippen LogP contribution in [0.4, 0.5) is 0 Å². The molecule has 1 aliphatic rings. The summed E-state index contributed by atoms with van der Waals surface area (Å²) in [5.41, 5.74) is 6.45. The lowest BCUT2D eigenvalue weighted by atomic mass is 10.1. The average Bonchev–Trinajstić information content (AvgIpc) is 2.42. The number of aliphatic carboxylic acids is 1. The standard InChI is InChI=1S/C15H22N2O3/c1-17-7-5-12(6-8-17)20-13-4-2-3-11(9-13)10-14(16)15(18)19/h2-4,9,12,14H,5-8,10,16H2,1H3,(H,18,19). The fourth-order valence-electron chi connectivity index (χ4n) is 2.38. The zero-order valence-electron chi connectivity index (χ0n) is 11.8. The number of piperidine rings is 1. The Kier molecular flexibility index (Phi) is 4.98. The quantitative estimate of drug-likeness (QED) is 0.844. The van der Waals surface area contributed by atoms with Gasteiger partial charge in [0.25, 0.3) is 0 Å². The molecule has 0 amide bonds. The minimum atomic E-state index is -0.980. The second-order valence-electron chi connectivity index (χ2n) is 5.42. The van der Waals surface area contributed by atoms with E-state index >= 15 is 0 Å². The van der Waals surface area contributed by atoms with Crippen LogP contribution in [0.15, 0.2) is 24.3 Å². The molecule has 1 aromatic rings. The first-order valence-electron chi connectivity index (χ1n) is 6.97. The maximum Gasteiger partial charge on any atom is 0.320 e. The summed E-state index contributed by atoms with van der Waals surface area (Å²) in [5.74, 6) is -0.179. The topological polar surface area (TPSA) is 75.8 Å². The normalized spacial score (nSPS) is 18.7. The first-order chi connectivity index (χ1) is 9.54. The summed E-state index contributed by atoms with van der Waals surface area (Å²) in [7, 11) is 2.12. The SMILES string of the molecule is CN1CCC(Oc2cccc(CC(N)C(=O)O)c2)CC1. The van der Waals surface area contributed by atoms with Crippen LogP contribution in [-0.2, 0) is 11.2 Å². The highest BCUT2D eigenvalue weighted by Gasteiger charge is 2.18. The van der Waals surface area contributed by atoms with Crippen LogP contribution in [0, 0.1) is 0 Å². The molecular weight excluding hydrogens is 256 g/mol. The van der Waals surface area contributed by atoms with E-state index < -0.39 is 12.0 Å². The zero-order valence-corrected chi connectivity index (χ0v) is 11.8. The fourth-order valence-corrected chi connectivity index (χ4v) is 2.38. The predicted molar refractivity (Wildman–Crippen MR) is 76.9 cm³/mol. The number of ether oxygens (including phenoxy) is 1. The summed E-state index contributed by atoms with van der Waals surface area (Å²) in [6.45, 7) is 2.10. The number of nitrogens with zero attached hydrogens (tertiary/aromatic N) is 1. The van der Waals surface area contributed by atoms with Crippen molar-refractivity contribution in [2.24, 2.45) is 5.73 Å². The van der Waals surface area contributed by atoms with Crippen LogP contribution in [0.25, 0.3) is 0 Å². The Labute approximate surface area is 119 Å². The third-order valence-corrected chi connectivity index (χ3v) is 3.64. The Hall–Kier alpha value is -1.59. The largest absolute Gasteiger partial charge is 0.490 e. The first-order valence-corrected chi connectivity index (χ1v) is 6.97. The van der Waals surface area contributed by atoms with Crippen molar-refractivity contribution in [1.82, 2.24) is 4.90 Å². The third-order valence-electron chi connectivity index (χ3n) is 3.64. The van der Waals surface area contributed by atoms with Crippen molar-refractivity contribution in [1.29, 1.82) is 0 Å². The summed E-state index contributed by atoms with van der Waals surface area (Å²) in [6.07, 6.45) is 2.61. The van der Waals surface area contributed by atoms with Crippen LogP contribution in [0.2, 0.25) is 0 Å². The summed E-state index contributed by atoms with van der Waals surface area (Å²) in [4.78, 5) is 13.1. The molecule has 2 rings (SSSR count). The van der Waals surface area contributed by atoms with E-state index in [2.05, 4.69) is 11.9 Å². The molecule has 1 atom stereocenters. The van der Waals surface area contributed by atoms with Crippen LogP contribution in [-0.4, -0.2) is 48.3 Å². The van der Waals surface area contributed by atoms with E-state index in [1.807, 2.05) is 24.3 Å². The molecule has 0 radical (unpaired) electrons. The van der Waals surface area contributed by atoms with Gasteiger partial charge in [-0.1, -0.05) is 12.1 Å². The molecule has 5 heteroatoms. The van der Waals surface area contributed by atoms with Gasteiger partial charge in [-0.3, -0.25) is 4.79 Å². The second-order valence-corrected chi connectivity index (χ2v) is 5.42. The van der Waals surface area contributed by atoms with Crippen LogP contribution in [0.5, 0.6) is 5.75 Å². The Morgan fingerprint density at radius 3 is 2.85 bits per heavy atom. The number of likely N-dealkylation sites (tertiary alicyclic amines) is 1. The van der Waals surface area contributed by atoms with Gasteiger partial charge < -0.3 is 20.5 Å². The third kappa shape index (κ3) is 4.21. The van der Waals surface area contributed by atoms with E-state index in [-0.39, 0.29) is 6.10 Å². The van der Waals surface area contributed by atoms with Gasteiger partial charge in [-0.15, -0.1) is 0 Å². The number of benzene rings is 1. The minimum Gasteiger partial charge on any atom is -0.490 e. The maximum absolute atomic E-state index is 10.8. The van der Waals surface area contributed by atoms with Crippen molar-refractivity contribution in [3.05, 3.63) is 29.8 Å². The highest BCUT2D eigenvalue weighted by atomic mass is 16.5. The predicted octanol–water partition coefficient (Wildman–Crippen LogP) is 1.11. The van der Waals surface area contributed by atoms with Gasteiger partial charge in [0.2, 0.25) is 0 Å². The van der Waals surface area contributed by atoms with Gasteiger partial charge >= 0.3 is 5.97 Å². The van der Waals surface area contributed by atoms with Crippen LogP contribution >= 0.6 is 0 Å². The van der Waals surface area contributed by atoms with E-state index in [9.17, 15) is 4.79 Å². The maximum atomic E-state index is 10.8. The highest BCUT2D eigenvalue weighted by molar-refractivity contribution is 5.73. The lowest BCUT2D eigenvalue weighted by Crippen LogP contribution is -2.35. The molecule has 1 saturated heterocycles. The molecule has 1 aliphatic heterocycles. The monoisotopic (exact) mass is 278 g/mol. The lowest BCUT2D eigenvalue weighted by Gasteiger charge is -2.29. The number of hydrogen-bond donors (Lipinski definition) is 2. The number of carbonyl (C=O) groups is 1. The molecule has 5 nitrogen and oxygen atoms in total. The molecule has 0 aliphatic carbocycles. The van der Waals surface area contributed by atoms with Crippen LogP contribution in [0.1, 0.15) is 18.4 Å². The molecule has 20 heavy (non-hydrogen) atoms. The summed E-state index contributed by atoms with van der Waals surface area (Å²) in [6, 6.07) is 6.70. The molecule has 110 valence electrons. The van der Waals surface area contributed by atoms with Crippen molar-refractivity contribution in [2.45, 2.75) is 31.4 Å². The van der Waals surface area contributed by atoms with Crippen molar-refractivity contribution in [3.63, 3.8) is 0 Å². The van der Waals surface area contributed by atoms with Gasteiger partial charge in [-0.05, 0) is 44.0 Å². The van der Waals surface area contributed by atoms with E-state index in [0.717, 1.165) is 37.2 Å². The number of carboxylic acid groups (broad SMARTS) is 1. The van der Waals surface area contributed by atoms with Crippen molar-refractivity contribution in [3.8, 4) is 5.75 Å². The molecule has 0 aromatic heterocycles. The Bertz CT molecular complexity index is 456. The highest BCUT2D eigenvalue weighted by Crippen LogP contribution is 2.20. The molecule has 1 aromatic carbocycles. The smallest absolute Gasteiger partial charge is 0.320 e. The Morgan fingerprint density at radius 2 is 2.20 bits per heavy atom. The van der Waals surface area contributed by atoms with E-state index in [1.165, 1.54) is 0 Å². The van der Waals surface area contributed by atoms with Gasteiger partial charge in [-0.25, -0.2) is 0 Å². The summed E-state index contributed by atoms with van der Waals surface area (Å²) >= 11 is 0. The summed E-state index contributed by atoms with van der Waals surface area (Å²) in [5, 5.41) is 8.84. The second kappa shape index (κ2) is 6.72. The first kappa shape index (κ1) is 14.8.